The number of piperazine rings is 1. The molecule has 0 bridgehead atoms. The molecule has 1 aromatic carbocycles. The van der Waals surface area contributed by atoms with Gasteiger partial charge in [-0.1, -0.05) is 12.1 Å². The quantitative estimate of drug-likeness (QED) is 0.889. The second-order valence-electron chi connectivity index (χ2n) is 6.50. The van der Waals surface area contributed by atoms with E-state index < -0.39 is 0 Å². The second kappa shape index (κ2) is 7.15. The van der Waals surface area contributed by atoms with Crippen LogP contribution in [0.3, 0.4) is 0 Å². The topological polar surface area (TPSA) is 47.2 Å². The molecule has 1 saturated heterocycles. The summed E-state index contributed by atoms with van der Waals surface area (Å²) in [5.74, 6) is 0. The van der Waals surface area contributed by atoms with Crippen LogP contribution in [0.15, 0.2) is 30.5 Å². The van der Waals surface area contributed by atoms with Crippen LogP contribution in [0.4, 0.5) is 5.69 Å². The Hall–Kier alpha value is -1.85. The molecule has 2 N–H and O–H groups in total. The van der Waals surface area contributed by atoms with Crippen LogP contribution in [0.25, 0.3) is 0 Å². The third-order valence-corrected chi connectivity index (χ3v) is 4.79. The smallest absolute Gasteiger partial charge is 0.0535 e. The first-order valence-corrected chi connectivity index (χ1v) is 8.39. The van der Waals surface area contributed by atoms with Gasteiger partial charge in [-0.05, 0) is 38.6 Å². The maximum Gasteiger partial charge on any atom is 0.0535 e. The lowest BCUT2D eigenvalue weighted by atomic mass is 10.1. The number of likely N-dealkylation sites (N-methyl/N-ethyl adjacent to an activating group) is 1. The fourth-order valence-electron chi connectivity index (χ4n) is 2.97. The summed E-state index contributed by atoms with van der Waals surface area (Å²) < 4.78 is 0. The van der Waals surface area contributed by atoms with Gasteiger partial charge in [-0.25, -0.2) is 0 Å². The molecule has 1 atom stereocenters. The molecular weight excluding hydrogens is 286 g/mol. The summed E-state index contributed by atoms with van der Waals surface area (Å²) in [6, 6.07) is 9.32. The minimum Gasteiger partial charge on any atom is -0.369 e. The number of rotatable bonds is 5. The van der Waals surface area contributed by atoms with Gasteiger partial charge in [0.25, 0.3) is 0 Å². The van der Waals surface area contributed by atoms with Crippen molar-refractivity contribution >= 4 is 5.69 Å². The number of anilines is 1. The summed E-state index contributed by atoms with van der Waals surface area (Å²) in [5, 5.41) is 10.6. The van der Waals surface area contributed by atoms with E-state index >= 15 is 0 Å². The van der Waals surface area contributed by atoms with E-state index in [4.69, 9.17) is 0 Å². The highest BCUT2D eigenvalue weighted by molar-refractivity contribution is 5.48. The van der Waals surface area contributed by atoms with Gasteiger partial charge in [-0.15, -0.1) is 0 Å². The Bertz CT molecular complexity index is 611. The fourth-order valence-corrected chi connectivity index (χ4v) is 2.97. The normalized spacial score (nSPS) is 17.4. The summed E-state index contributed by atoms with van der Waals surface area (Å²) in [4.78, 5) is 4.85. The van der Waals surface area contributed by atoms with Gasteiger partial charge in [0.2, 0.25) is 0 Å². The van der Waals surface area contributed by atoms with Crippen molar-refractivity contribution in [2.24, 2.45) is 0 Å². The van der Waals surface area contributed by atoms with Gasteiger partial charge in [0, 0.05) is 55.7 Å². The van der Waals surface area contributed by atoms with Gasteiger partial charge in [0.1, 0.15) is 0 Å². The minimum absolute atomic E-state index is 0.325. The number of aromatic amines is 1. The second-order valence-corrected chi connectivity index (χ2v) is 6.50. The molecule has 2 aromatic rings. The SMILES string of the molecule is Cc1[nH]ncc1CN[C@H](C)c1ccc(N2CCN(C)CC2)cc1. The third kappa shape index (κ3) is 3.92. The predicted octanol–water partition coefficient (Wildman–Crippen LogP) is 2.32. The number of hydrogen-bond acceptors (Lipinski definition) is 4. The van der Waals surface area contributed by atoms with E-state index in [1.165, 1.54) is 16.8 Å². The monoisotopic (exact) mass is 313 g/mol. The molecule has 1 aliphatic heterocycles. The Morgan fingerprint density at radius 2 is 1.87 bits per heavy atom. The standard InChI is InChI=1S/C18H27N5/c1-14(19-12-17-13-20-21-15(17)2)16-4-6-18(7-5-16)23-10-8-22(3)9-11-23/h4-7,13-14,19H,8-12H2,1-3H3,(H,20,21)/t14-/m1/s1. The average Bonchev–Trinajstić information content (AvgIpc) is 2.99. The molecule has 1 fully saturated rings. The molecule has 1 aromatic heterocycles. The number of H-pyrrole nitrogens is 1. The molecule has 23 heavy (non-hydrogen) atoms. The molecule has 2 heterocycles. The van der Waals surface area contributed by atoms with Crippen LogP contribution in [-0.4, -0.2) is 48.3 Å². The Labute approximate surface area is 138 Å². The molecule has 5 heteroatoms. The van der Waals surface area contributed by atoms with E-state index in [-0.39, 0.29) is 0 Å². The molecule has 0 radical (unpaired) electrons. The summed E-state index contributed by atoms with van der Waals surface area (Å²) in [6.07, 6.45) is 1.89. The number of hydrogen-bond donors (Lipinski definition) is 2. The average molecular weight is 313 g/mol. The van der Waals surface area contributed by atoms with Gasteiger partial charge in [-0.2, -0.15) is 5.10 Å². The molecule has 1 aliphatic rings. The zero-order valence-corrected chi connectivity index (χ0v) is 14.3. The summed E-state index contributed by atoms with van der Waals surface area (Å²) in [5.41, 5.74) is 5.02. The highest BCUT2D eigenvalue weighted by Crippen LogP contribution is 2.20. The summed E-state index contributed by atoms with van der Waals surface area (Å²) in [6.45, 7) is 9.61. The number of nitrogens with one attached hydrogen (secondary N) is 2. The van der Waals surface area contributed by atoms with Gasteiger partial charge in [0.05, 0.1) is 6.20 Å². The Kier molecular flexibility index (Phi) is 4.98. The molecule has 0 saturated carbocycles. The van der Waals surface area contributed by atoms with Crippen molar-refractivity contribution in [1.82, 2.24) is 20.4 Å². The molecule has 0 aliphatic carbocycles. The Morgan fingerprint density at radius 3 is 2.48 bits per heavy atom. The first-order chi connectivity index (χ1) is 11.1. The lowest BCUT2D eigenvalue weighted by Crippen LogP contribution is -2.44. The van der Waals surface area contributed by atoms with Crippen LogP contribution in [-0.2, 0) is 6.54 Å². The minimum atomic E-state index is 0.325. The Morgan fingerprint density at radius 1 is 1.17 bits per heavy atom. The first-order valence-electron chi connectivity index (χ1n) is 8.39. The lowest BCUT2D eigenvalue weighted by Gasteiger charge is -2.34. The van der Waals surface area contributed by atoms with Crippen LogP contribution in [0.2, 0.25) is 0 Å². The third-order valence-electron chi connectivity index (χ3n) is 4.79. The summed E-state index contributed by atoms with van der Waals surface area (Å²) >= 11 is 0. The van der Waals surface area contributed by atoms with Crippen molar-refractivity contribution < 1.29 is 0 Å². The van der Waals surface area contributed by atoms with Crippen LogP contribution in [0, 0.1) is 6.92 Å². The molecule has 3 rings (SSSR count). The van der Waals surface area contributed by atoms with E-state index in [0.29, 0.717) is 6.04 Å². The fraction of sp³-hybridized carbons (Fsp3) is 0.500. The summed E-state index contributed by atoms with van der Waals surface area (Å²) in [7, 11) is 2.19. The molecule has 124 valence electrons. The van der Waals surface area contributed by atoms with Gasteiger partial charge in [-0.3, -0.25) is 5.10 Å². The van der Waals surface area contributed by atoms with E-state index in [0.717, 1.165) is 38.4 Å². The highest BCUT2D eigenvalue weighted by Gasteiger charge is 2.14. The lowest BCUT2D eigenvalue weighted by molar-refractivity contribution is 0.313. The van der Waals surface area contributed by atoms with Crippen molar-refractivity contribution in [2.45, 2.75) is 26.4 Å². The van der Waals surface area contributed by atoms with Crippen molar-refractivity contribution in [3.63, 3.8) is 0 Å². The van der Waals surface area contributed by atoms with Crippen LogP contribution >= 0.6 is 0 Å². The van der Waals surface area contributed by atoms with E-state index in [2.05, 4.69) is 70.5 Å². The number of benzene rings is 1. The van der Waals surface area contributed by atoms with E-state index in [1.807, 2.05) is 6.20 Å². The maximum atomic E-state index is 4.07. The van der Waals surface area contributed by atoms with E-state index in [9.17, 15) is 0 Å². The van der Waals surface area contributed by atoms with Crippen LogP contribution < -0.4 is 10.2 Å². The zero-order chi connectivity index (χ0) is 16.2. The first kappa shape index (κ1) is 16.0. The highest BCUT2D eigenvalue weighted by atomic mass is 15.2. The van der Waals surface area contributed by atoms with Crippen LogP contribution in [0.5, 0.6) is 0 Å². The Balaban J connectivity index is 1.57. The van der Waals surface area contributed by atoms with E-state index in [1.54, 1.807) is 0 Å². The molecule has 0 spiro atoms. The predicted molar refractivity (Wildman–Crippen MR) is 94.7 cm³/mol. The maximum absolute atomic E-state index is 4.07. The van der Waals surface area contributed by atoms with Crippen molar-refractivity contribution in [2.75, 3.05) is 38.1 Å². The molecule has 0 unspecified atom stereocenters. The molecule has 0 amide bonds. The molecule has 5 nitrogen and oxygen atoms in total. The molecular formula is C18H27N5. The van der Waals surface area contributed by atoms with Crippen molar-refractivity contribution in [3.8, 4) is 0 Å². The van der Waals surface area contributed by atoms with Crippen LogP contribution in [0.1, 0.15) is 29.8 Å². The number of aryl methyl sites for hydroxylation is 1. The van der Waals surface area contributed by atoms with Gasteiger partial charge in [0.15, 0.2) is 0 Å². The van der Waals surface area contributed by atoms with Gasteiger partial charge >= 0.3 is 0 Å². The number of nitrogens with zero attached hydrogens (tertiary/aromatic N) is 3. The zero-order valence-electron chi connectivity index (χ0n) is 14.3. The van der Waals surface area contributed by atoms with Gasteiger partial charge < -0.3 is 15.1 Å². The largest absolute Gasteiger partial charge is 0.369 e. The van der Waals surface area contributed by atoms with Crippen molar-refractivity contribution in [1.29, 1.82) is 0 Å². The van der Waals surface area contributed by atoms with Crippen molar-refractivity contribution in [3.05, 3.63) is 47.3 Å². The number of aromatic nitrogens is 2.